The molecule has 29 heavy (non-hydrogen) atoms. The van der Waals surface area contributed by atoms with Crippen LogP contribution in [0.3, 0.4) is 0 Å². The zero-order valence-corrected chi connectivity index (χ0v) is 16.5. The van der Waals surface area contributed by atoms with Gasteiger partial charge in [0.1, 0.15) is 5.82 Å². The van der Waals surface area contributed by atoms with Gasteiger partial charge in [0.2, 0.25) is 0 Å². The summed E-state index contributed by atoms with van der Waals surface area (Å²) in [6.07, 6.45) is 7.87. The molecule has 1 aliphatic heterocycles. The lowest BCUT2D eigenvalue weighted by atomic mass is 9.94. The minimum absolute atomic E-state index is 0.0476. The molecular weight excluding hydrogens is 370 g/mol. The van der Waals surface area contributed by atoms with Crippen LogP contribution >= 0.6 is 0 Å². The molecule has 1 aromatic carbocycles. The lowest BCUT2D eigenvalue weighted by molar-refractivity contribution is -0.142. The zero-order chi connectivity index (χ0) is 20.4. The van der Waals surface area contributed by atoms with E-state index in [1.54, 1.807) is 22.8 Å². The average Bonchev–Trinajstić information content (AvgIpc) is 3.08. The Balaban J connectivity index is 1.62. The van der Waals surface area contributed by atoms with Crippen LogP contribution in [0.25, 0.3) is 10.9 Å². The molecule has 4 rings (SSSR count). The monoisotopic (exact) mass is 397 g/mol. The molecule has 0 unspecified atom stereocenters. The third-order valence-corrected chi connectivity index (χ3v) is 6.23. The van der Waals surface area contributed by atoms with Gasteiger partial charge in [0, 0.05) is 24.6 Å². The van der Waals surface area contributed by atoms with Crippen molar-refractivity contribution in [3.05, 3.63) is 39.9 Å². The number of hydrogen-bond donors (Lipinski definition) is 2. The molecule has 2 aromatic rings. The maximum Gasteiger partial charge on any atom is 0.308 e. The minimum atomic E-state index is -0.854. The standard InChI is InChI=1S/C22H27N3O4/c26-20(24-17-8-4-1-3-7-16(17)22(28)29)14-10-11-15-18(13-14)23-19-9-5-2-6-12-25(19)21(15)27/h10-11,13,16-17H,1-9,12H2,(H,24,26)(H,28,29)/t16-,17+/m1/s1. The van der Waals surface area contributed by atoms with E-state index in [4.69, 9.17) is 0 Å². The predicted octanol–water partition coefficient (Wildman–Crippen LogP) is 2.89. The highest BCUT2D eigenvalue weighted by Gasteiger charge is 2.31. The largest absolute Gasteiger partial charge is 0.481 e. The summed E-state index contributed by atoms with van der Waals surface area (Å²) in [6.45, 7) is 0.692. The quantitative estimate of drug-likeness (QED) is 0.776. The van der Waals surface area contributed by atoms with Crippen molar-refractivity contribution >= 4 is 22.8 Å². The van der Waals surface area contributed by atoms with Gasteiger partial charge in [-0.2, -0.15) is 0 Å². The number of rotatable bonds is 3. The molecule has 2 heterocycles. The molecule has 2 atom stereocenters. The number of carboxylic acid groups (broad SMARTS) is 1. The Morgan fingerprint density at radius 1 is 1.07 bits per heavy atom. The van der Waals surface area contributed by atoms with Gasteiger partial charge < -0.3 is 10.4 Å². The second-order valence-electron chi connectivity index (χ2n) is 8.19. The number of fused-ring (bicyclic) bond motifs is 2. The molecule has 1 aliphatic carbocycles. The summed E-state index contributed by atoms with van der Waals surface area (Å²) in [5, 5.41) is 13.0. The first kappa shape index (κ1) is 19.6. The first-order valence-corrected chi connectivity index (χ1v) is 10.6. The van der Waals surface area contributed by atoms with Crippen LogP contribution in [0.2, 0.25) is 0 Å². The molecule has 1 saturated carbocycles. The van der Waals surface area contributed by atoms with E-state index < -0.39 is 11.9 Å². The number of carbonyl (C=O) groups excluding carboxylic acids is 1. The second kappa shape index (κ2) is 8.35. The molecule has 0 radical (unpaired) electrons. The Kier molecular flexibility index (Phi) is 5.65. The van der Waals surface area contributed by atoms with Gasteiger partial charge in [-0.25, -0.2) is 4.98 Å². The van der Waals surface area contributed by atoms with Crippen molar-refractivity contribution < 1.29 is 14.7 Å². The van der Waals surface area contributed by atoms with Gasteiger partial charge >= 0.3 is 5.97 Å². The van der Waals surface area contributed by atoms with E-state index in [1.807, 2.05) is 0 Å². The molecule has 2 aliphatic rings. The summed E-state index contributed by atoms with van der Waals surface area (Å²) in [5.74, 6) is -0.928. The maximum absolute atomic E-state index is 12.9. The zero-order valence-electron chi connectivity index (χ0n) is 16.5. The first-order valence-electron chi connectivity index (χ1n) is 10.6. The summed E-state index contributed by atoms with van der Waals surface area (Å²) >= 11 is 0. The number of benzene rings is 1. The van der Waals surface area contributed by atoms with Gasteiger partial charge in [0.15, 0.2) is 0 Å². The van der Waals surface area contributed by atoms with E-state index in [0.29, 0.717) is 35.9 Å². The highest BCUT2D eigenvalue weighted by Crippen LogP contribution is 2.24. The number of aryl methyl sites for hydroxylation is 1. The molecule has 1 fully saturated rings. The summed E-state index contributed by atoms with van der Waals surface area (Å²) in [5.41, 5.74) is 0.899. The van der Waals surface area contributed by atoms with Crippen LogP contribution in [0.4, 0.5) is 0 Å². The highest BCUT2D eigenvalue weighted by atomic mass is 16.4. The maximum atomic E-state index is 12.9. The number of amides is 1. The molecule has 154 valence electrons. The number of nitrogens with one attached hydrogen (secondary N) is 1. The normalized spacial score (nSPS) is 22.3. The van der Waals surface area contributed by atoms with Gasteiger partial charge in [0.25, 0.3) is 11.5 Å². The van der Waals surface area contributed by atoms with Crippen LogP contribution in [0.15, 0.2) is 23.0 Å². The number of carbonyl (C=O) groups is 2. The highest BCUT2D eigenvalue weighted by molar-refractivity contribution is 5.98. The molecule has 2 N–H and O–H groups in total. The van der Waals surface area contributed by atoms with E-state index >= 15 is 0 Å². The third-order valence-electron chi connectivity index (χ3n) is 6.23. The first-order chi connectivity index (χ1) is 14.0. The van der Waals surface area contributed by atoms with Crippen LogP contribution in [-0.4, -0.2) is 32.6 Å². The number of nitrogens with zero attached hydrogens (tertiary/aromatic N) is 2. The van der Waals surface area contributed by atoms with Crippen molar-refractivity contribution in [3.8, 4) is 0 Å². The van der Waals surface area contributed by atoms with Crippen LogP contribution < -0.4 is 10.9 Å². The lowest BCUT2D eigenvalue weighted by Gasteiger charge is -2.23. The van der Waals surface area contributed by atoms with Gasteiger partial charge in [-0.15, -0.1) is 0 Å². The lowest BCUT2D eigenvalue weighted by Crippen LogP contribution is -2.42. The van der Waals surface area contributed by atoms with Crippen molar-refractivity contribution in [2.24, 2.45) is 5.92 Å². The fraction of sp³-hybridized carbons (Fsp3) is 0.545. The number of carboxylic acids is 1. The average molecular weight is 397 g/mol. The molecule has 1 aromatic heterocycles. The molecule has 1 amide bonds. The predicted molar refractivity (Wildman–Crippen MR) is 109 cm³/mol. The van der Waals surface area contributed by atoms with Gasteiger partial charge in [-0.05, 0) is 43.9 Å². The van der Waals surface area contributed by atoms with E-state index in [-0.39, 0.29) is 17.5 Å². The van der Waals surface area contributed by atoms with Crippen LogP contribution in [-0.2, 0) is 17.8 Å². The summed E-state index contributed by atoms with van der Waals surface area (Å²) in [6, 6.07) is 4.59. The smallest absolute Gasteiger partial charge is 0.308 e. The Hall–Kier alpha value is -2.70. The van der Waals surface area contributed by atoms with E-state index in [9.17, 15) is 19.5 Å². The van der Waals surface area contributed by atoms with Gasteiger partial charge in [-0.3, -0.25) is 19.0 Å². The van der Waals surface area contributed by atoms with Crippen molar-refractivity contribution in [3.63, 3.8) is 0 Å². The Morgan fingerprint density at radius 3 is 2.69 bits per heavy atom. The third kappa shape index (κ3) is 4.04. The van der Waals surface area contributed by atoms with Crippen LogP contribution in [0.5, 0.6) is 0 Å². The van der Waals surface area contributed by atoms with E-state index in [1.165, 1.54) is 0 Å². The molecule has 0 bridgehead atoms. The van der Waals surface area contributed by atoms with Crippen molar-refractivity contribution in [1.82, 2.24) is 14.9 Å². The molecule has 7 nitrogen and oxygen atoms in total. The SMILES string of the molecule is O=C(N[C@H]1CCCCC[C@H]1C(=O)O)c1ccc2c(=O)n3c(nc2c1)CCCCC3. The van der Waals surface area contributed by atoms with Crippen LogP contribution in [0, 0.1) is 5.92 Å². The molecular formula is C22H27N3O4. The van der Waals surface area contributed by atoms with Gasteiger partial charge in [-0.1, -0.05) is 25.7 Å². The molecule has 0 saturated heterocycles. The Labute approximate surface area is 169 Å². The fourth-order valence-electron chi connectivity index (χ4n) is 4.59. The number of hydrogen-bond acceptors (Lipinski definition) is 4. The summed E-state index contributed by atoms with van der Waals surface area (Å²) in [7, 11) is 0. The number of aromatic nitrogens is 2. The van der Waals surface area contributed by atoms with Crippen LogP contribution in [0.1, 0.15) is 67.5 Å². The number of aliphatic carboxylic acids is 1. The fourth-order valence-corrected chi connectivity index (χ4v) is 4.59. The topological polar surface area (TPSA) is 101 Å². The molecule has 7 heteroatoms. The summed E-state index contributed by atoms with van der Waals surface area (Å²) < 4.78 is 1.76. The van der Waals surface area contributed by atoms with Crippen molar-refractivity contribution in [2.45, 2.75) is 70.4 Å². The Morgan fingerprint density at radius 2 is 1.86 bits per heavy atom. The van der Waals surface area contributed by atoms with E-state index in [0.717, 1.165) is 50.8 Å². The van der Waals surface area contributed by atoms with Gasteiger partial charge in [0.05, 0.1) is 16.8 Å². The molecule has 0 spiro atoms. The van der Waals surface area contributed by atoms with Crippen molar-refractivity contribution in [2.75, 3.05) is 0 Å². The minimum Gasteiger partial charge on any atom is -0.481 e. The Bertz CT molecular complexity index is 997. The second-order valence-corrected chi connectivity index (χ2v) is 8.19. The van der Waals surface area contributed by atoms with Crippen molar-refractivity contribution in [1.29, 1.82) is 0 Å². The van der Waals surface area contributed by atoms with E-state index in [2.05, 4.69) is 10.3 Å². The summed E-state index contributed by atoms with van der Waals surface area (Å²) in [4.78, 5) is 42.0.